The van der Waals surface area contributed by atoms with E-state index in [1.54, 1.807) is 0 Å². The van der Waals surface area contributed by atoms with E-state index in [9.17, 15) is 0 Å². The second-order valence-corrected chi connectivity index (χ2v) is 3.67. The lowest BCUT2D eigenvalue weighted by Crippen LogP contribution is -2.34. The van der Waals surface area contributed by atoms with Crippen molar-refractivity contribution in [2.75, 3.05) is 26.3 Å². The Kier molecular flexibility index (Phi) is 6.15. The first-order chi connectivity index (χ1) is 6.43. The molecule has 1 aliphatic rings. The van der Waals surface area contributed by atoms with Crippen molar-refractivity contribution in [3.8, 4) is 0 Å². The van der Waals surface area contributed by atoms with Crippen LogP contribution in [0.3, 0.4) is 0 Å². The van der Waals surface area contributed by atoms with Crippen LogP contribution in [0.25, 0.3) is 0 Å². The largest absolute Gasteiger partial charge is 0.381 e. The fraction of sp³-hybridized carbons (Fsp3) is 1.00. The van der Waals surface area contributed by atoms with E-state index in [0.29, 0.717) is 0 Å². The lowest BCUT2D eigenvalue weighted by Gasteiger charge is -2.13. The summed E-state index contributed by atoms with van der Waals surface area (Å²) < 4.78 is 5.53. The summed E-state index contributed by atoms with van der Waals surface area (Å²) in [4.78, 5) is 0. The standard InChI is InChI=1S/C10H22N2O/c1-2-10-4-7-12-11-6-3-8-13-9-5-10/h10-12H,2-9H2,1H3. The molecule has 0 aromatic carbocycles. The summed E-state index contributed by atoms with van der Waals surface area (Å²) in [6, 6.07) is 0. The predicted octanol–water partition coefficient (Wildman–Crippen LogP) is 1.31. The van der Waals surface area contributed by atoms with Crippen LogP contribution in [0.15, 0.2) is 0 Å². The fourth-order valence-electron chi connectivity index (χ4n) is 1.62. The van der Waals surface area contributed by atoms with Gasteiger partial charge in [-0.3, -0.25) is 10.9 Å². The van der Waals surface area contributed by atoms with Crippen molar-refractivity contribution in [1.82, 2.24) is 10.9 Å². The molecule has 1 saturated heterocycles. The van der Waals surface area contributed by atoms with Gasteiger partial charge >= 0.3 is 0 Å². The molecule has 1 unspecified atom stereocenters. The van der Waals surface area contributed by atoms with Gasteiger partial charge in [-0.15, -0.1) is 0 Å². The molecule has 0 aliphatic carbocycles. The van der Waals surface area contributed by atoms with Crippen molar-refractivity contribution in [3.05, 3.63) is 0 Å². The Labute approximate surface area is 81.2 Å². The number of hydrazine groups is 1. The number of hydrogen-bond donors (Lipinski definition) is 2. The molecular formula is C10H22N2O. The van der Waals surface area contributed by atoms with Crippen molar-refractivity contribution in [1.29, 1.82) is 0 Å². The third-order valence-electron chi connectivity index (χ3n) is 2.64. The highest BCUT2D eigenvalue weighted by Gasteiger charge is 2.06. The third kappa shape index (κ3) is 5.24. The van der Waals surface area contributed by atoms with E-state index in [-0.39, 0.29) is 0 Å². The number of ether oxygens (including phenoxy) is 1. The topological polar surface area (TPSA) is 33.3 Å². The maximum absolute atomic E-state index is 5.53. The molecule has 0 aromatic rings. The number of rotatable bonds is 1. The second kappa shape index (κ2) is 7.30. The Morgan fingerprint density at radius 3 is 2.85 bits per heavy atom. The minimum atomic E-state index is 0.826. The molecule has 78 valence electrons. The SMILES string of the molecule is CCC1CCNNCCCOCC1. The summed E-state index contributed by atoms with van der Waals surface area (Å²) >= 11 is 0. The zero-order valence-electron chi connectivity index (χ0n) is 8.64. The van der Waals surface area contributed by atoms with Crippen molar-refractivity contribution >= 4 is 0 Å². The first-order valence-corrected chi connectivity index (χ1v) is 5.47. The molecule has 0 saturated carbocycles. The van der Waals surface area contributed by atoms with E-state index in [0.717, 1.165) is 38.6 Å². The first kappa shape index (κ1) is 11.0. The first-order valence-electron chi connectivity index (χ1n) is 5.47. The van der Waals surface area contributed by atoms with Crippen LogP contribution in [-0.2, 0) is 4.74 Å². The molecule has 13 heavy (non-hydrogen) atoms. The molecule has 1 fully saturated rings. The van der Waals surface area contributed by atoms with Crippen LogP contribution in [0.5, 0.6) is 0 Å². The molecule has 0 aromatic heterocycles. The van der Waals surface area contributed by atoms with Gasteiger partial charge in [-0.05, 0) is 25.2 Å². The van der Waals surface area contributed by atoms with Gasteiger partial charge in [0.25, 0.3) is 0 Å². The molecule has 3 heteroatoms. The molecular weight excluding hydrogens is 164 g/mol. The van der Waals surface area contributed by atoms with Crippen LogP contribution in [0.2, 0.25) is 0 Å². The normalized spacial score (nSPS) is 27.9. The van der Waals surface area contributed by atoms with Crippen LogP contribution < -0.4 is 10.9 Å². The lowest BCUT2D eigenvalue weighted by atomic mass is 9.99. The van der Waals surface area contributed by atoms with Gasteiger partial charge in [0.15, 0.2) is 0 Å². The van der Waals surface area contributed by atoms with E-state index in [4.69, 9.17) is 4.74 Å². The number of nitrogens with one attached hydrogen (secondary N) is 2. The van der Waals surface area contributed by atoms with E-state index < -0.39 is 0 Å². The molecule has 1 atom stereocenters. The van der Waals surface area contributed by atoms with Gasteiger partial charge in [0.05, 0.1) is 0 Å². The van der Waals surface area contributed by atoms with E-state index >= 15 is 0 Å². The lowest BCUT2D eigenvalue weighted by molar-refractivity contribution is 0.118. The molecule has 2 N–H and O–H groups in total. The van der Waals surface area contributed by atoms with Crippen LogP contribution in [-0.4, -0.2) is 26.3 Å². The highest BCUT2D eigenvalue weighted by Crippen LogP contribution is 2.12. The second-order valence-electron chi connectivity index (χ2n) is 3.67. The van der Waals surface area contributed by atoms with Crippen LogP contribution in [0.4, 0.5) is 0 Å². The summed E-state index contributed by atoms with van der Waals surface area (Å²) in [6.45, 7) is 6.19. The van der Waals surface area contributed by atoms with Crippen LogP contribution in [0, 0.1) is 5.92 Å². The van der Waals surface area contributed by atoms with Gasteiger partial charge in [-0.25, -0.2) is 0 Å². The van der Waals surface area contributed by atoms with Gasteiger partial charge in [-0.1, -0.05) is 13.3 Å². The fourth-order valence-corrected chi connectivity index (χ4v) is 1.62. The van der Waals surface area contributed by atoms with Crippen molar-refractivity contribution in [2.45, 2.75) is 32.6 Å². The van der Waals surface area contributed by atoms with Crippen LogP contribution >= 0.6 is 0 Å². The molecule has 0 spiro atoms. The van der Waals surface area contributed by atoms with E-state index in [1.807, 2.05) is 0 Å². The van der Waals surface area contributed by atoms with Gasteiger partial charge in [0, 0.05) is 26.3 Å². The van der Waals surface area contributed by atoms with Crippen molar-refractivity contribution in [2.24, 2.45) is 5.92 Å². The Balaban J connectivity index is 2.18. The minimum Gasteiger partial charge on any atom is -0.381 e. The van der Waals surface area contributed by atoms with Crippen molar-refractivity contribution < 1.29 is 4.74 Å². The van der Waals surface area contributed by atoms with Gasteiger partial charge in [-0.2, -0.15) is 0 Å². The Bertz CT molecular complexity index is 107. The Morgan fingerprint density at radius 2 is 2.00 bits per heavy atom. The summed E-state index contributed by atoms with van der Waals surface area (Å²) in [6.07, 6.45) is 4.85. The number of hydrogen-bond acceptors (Lipinski definition) is 3. The molecule has 0 radical (unpaired) electrons. The highest BCUT2D eigenvalue weighted by molar-refractivity contribution is 4.59. The summed E-state index contributed by atoms with van der Waals surface area (Å²) in [5.74, 6) is 0.826. The molecule has 0 bridgehead atoms. The van der Waals surface area contributed by atoms with Gasteiger partial charge in [0.2, 0.25) is 0 Å². The van der Waals surface area contributed by atoms with E-state index in [2.05, 4.69) is 17.8 Å². The maximum Gasteiger partial charge on any atom is 0.0478 e. The zero-order valence-corrected chi connectivity index (χ0v) is 8.64. The average molecular weight is 186 g/mol. The monoisotopic (exact) mass is 186 g/mol. The van der Waals surface area contributed by atoms with Gasteiger partial charge < -0.3 is 4.74 Å². The molecule has 0 amide bonds. The maximum atomic E-state index is 5.53. The quantitative estimate of drug-likeness (QED) is 0.648. The Morgan fingerprint density at radius 1 is 1.15 bits per heavy atom. The van der Waals surface area contributed by atoms with Gasteiger partial charge in [0.1, 0.15) is 0 Å². The van der Waals surface area contributed by atoms with Crippen LogP contribution in [0.1, 0.15) is 32.6 Å². The molecule has 1 aliphatic heterocycles. The van der Waals surface area contributed by atoms with Crippen molar-refractivity contribution in [3.63, 3.8) is 0 Å². The Hall–Kier alpha value is -0.120. The molecule has 1 heterocycles. The summed E-state index contributed by atoms with van der Waals surface area (Å²) in [5.41, 5.74) is 6.44. The molecule has 3 nitrogen and oxygen atoms in total. The molecule has 1 rings (SSSR count). The summed E-state index contributed by atoms with van der Waals surface area (Å²) in [5, 5.41) is 0. The van der Waals surface area contributed by atoms with E-state index in [1.165, 1.54) is 19.3 Å². The highest BCUT2D eigenvalue weighted by atomic mass is 16.5. The minimum absolute atomic E-state index is 0.826. The zero-order chi connectivity index (χ0) is 9.36. The summed E-state index contributed by atoms with van der Waals surface area (Å²) in [7, 11) is 0. The smallest absolute Gasteiger partial charge is 0.0478 e. The third-order valence-corrected chi connectivity index (χ3v) is 2.64. The average Bonchev–Trinajstić information content (AvgIpc) is 2.22. The predicted molar refractivity (Wildman–Crippen MR) is 54.5 cm³/mol.